The summed E-state index contributed by atoms with van der Waals surface area (Å²) in [5, 5.41) is 18.3. The highest BCUT2D eigenvalue weighted by atomic mass is 16.4. The van der Waals surface area contributed by atoms with Gasteiger partial charge in [0.15, 0.2) is 0 Å². The fourth-order valence-corrected chi connectivity index (χ4v) is 2.95. The molecule has 0 bridgehead atoms. The minimum Gasteiger partial charge on any atom is -0.480 e. The van der Waals surface area contributed by atoms with E-state index >= 15 is 0 Å². The van der Waals surface area contributed by atoms with Crippen molar-refractivity contribution in [1.82, 2.24) is 9.80 Å². The number of carbonyl (C=O) groups excluding carboxylic acids is 1. The molecule has 2 saturated heterocycles. The summed E-state index contributed by atoms with van der Waals surface area (Å²) in [6.07, 6.45) is 1.56. The number of carboxylic acid groups (broad SMARTS) is 2. The Balaban J connectivity index is 2.18. The average Bonchev–Trinajstić information content (AvgIpc) is 2.90. The highest BCUT2D eigenvalue weighted by Gasteiger charge is 2.44. The maximum Gasteiger partial charge on any atom is 0.408 e. The molecule has 2 N–H and O–H groups in total. The molecule has 19 heavy (non-hydrogen) atoms. The molecule has 0 aliphatic carbocycles. The summed E-state index contributed by atoms with van der Waals surface area (Å²) >= 11 is 0. The number of nitrogens with zero attached hydrogens (tertiary/aromatic N) is 2. The molecule has 0 aromatic heterocycles. The van der Waals surface area contributed by atoms with Crippen LogP contribution in [0.3, 0.4) is 0 Å². The minimum atomic E-state index is -1.27. The van der Waals surface area contributed by atoms with E-state index in [1.807, 2.05) is 0 Å². The quantitative estimate of drug-likeness (QED) is 0.759. The first kappa shape index (κ1) is 13.6. The van der Waals surface area contributed by atoms with Gasteiger partial charge in [-0.15, -0.1) is 0 Å². The predicted octanol–water partition coefficient (Wildman–Crippen LogP) is 0.452. The second kappa shape index (κ2) is 5.46. The van der Waals surface area contributed by atoms with Crippen LogP contribution in [0, 0.1) is 5.92 Å². The van der Waals surface area contributed by atoms with Crippen LogP contribution in [-0.2, 0) is 9.59 Å². The second-order valence-corrected chi connectivity index (χ2v) is 5.04. The van der Waals surface area contributed by atoms with E-state index in [9.17, 15) is 19.5 Å². The van der Waals surface area contributed by atoms with Crippen LogP contribution in [0.4, 0.5) is 4.79 Å². The molecule has 2 aliphatic rings. The number of carbonyl (C=O) groups is 3. The lowest BCUT2D eigenvalue weighted by atomic mass is 9.88. The van der Waals surface area contributed by atoms with Gasteiger partial charge in [0.05, 0.1) is 5.92 Å². The largest absolute Gasteiger partial charge is 0.480 e. The van der Waals surface area contributed by atoms with Crippen LogP contribution in [0.15, 0.2) is 0 Å². The van der Waals surface area contributed by atoms with E-state index in [-0.39, 0.29) is 12.5 Å². The van der Waals surface area contributed by atoms with Crippen molar-refractivity contribution < 1.29 is 24.6 Å². The van der Waals surface area contributed by atoms with Gasteiger partial charge in [-0.3, -0.25) is 9.69 Å². The molecule has 2 fully saturated rings. The summed E-state index contributed by atoms with van der Waals surface area (Å²) < 4.78 is 0. The van der Waals surface area contributed by atoms with Crippen molar-refractivity contribution in [2.24, 2.45) is 5.92 Å². The van der Waals surface area contributed by atoms with Gasteiger partial charge in [-0.2, -0.15) is 0 Å². The van der Waals surface area contributed by atoms with Crippen LogP contribution >= 0.6 is 0 Å². The number of likely N-dealkylation sites (tertiary alicyclic amines) is 2. The number of carboxylic acids is 1. The van der Waals surface area contributed by atoms with Crippen molar-refractivity contribution in [3.05, 3.63) is 0 Å². The van der Waals surface area contributed by atoms with Gasteiger partial charge in [-0.05, 0) is 25.7 Å². The zero-order chi connectivity index (χ0) is 14.0. The van der Waals surface area contributed by atoms with Crippen molar-refractivity contribution in [2.45, 2.75) is 31.7 Å². The van der Waals surface area contributed by atoms with E-state index in [0.717, 1.165) is 17.7 Å². The summed E-state index contributed by atoms with van der Waals surface area (Å²) in [5.74, 6) is -2.20. The van der Waals surface area contributed by atoms with Crippen molar-refractivity contribution in [3.63, 3.8) is 0 Å². The van der Waals surface area contributed by atoms with Gasteiger partial charge < -0.3 is 15.1 Å². The van der Waals surface area contributed by atoms with E-state index in [2.05, 4.69) is 0 Å². The Morgan fingerprint density at radius 1 is 0.947 bits per heavy atom. The lowest BCUT2D eigenvalue weighted by Crippen LogP contribution is -2.56. The maximum absolute atomic E-state index is 12.3. The molecule has 2 aliphatic heterocycles. The summed E-state index contributed by atoms with van der Waals surface area (Å²) in [4.78, 5) is 37.3. The van der Waals surface area contributed by atoms with E-state index in [1.54, 1.807) is 4.90 Å². The first-order chi connectivity index (χ1) is 9.02. The average molecular weight is 270 g/mol. The van der Waals surface area contributed by atoms with Crippen molar-refractivity contribution in [2.75, 3.05) is 19.6 Å². The van der Waals surface area contributed by atoms with Gasteiger partial charge in [0.1, 0.15) is 6.04 Å². The number of piperidine rings is 1. The molecule has 0 aromatic rings. The topological polar surface area (TPSA) is 98.2 Å². The van der Waals surface area contributed by atoms with Crippen LogP contribution in [-0.4, -0.2) is 63.7 Å². The van der Waals surface area contributed by atoms with Crippen molar-refractivity contribution >= 4 is 18.0 Å². The third-order valence-corrected chi connectivity index (χ3v) is 3.86. The lowest BCUT2D eigenvalue weighted by molar-refractivity contribution is -0.153. The monoisotopic (exact) mass is 270 g/mol. The summed E-state index contributed by atoms with van der Waals surface area (Å²) in [6, 6.07) is -1.25. The van der Waals surface area contributed by atoms with Gasteiger partial charge in [-0.1, -0.05) is 0 Å². The molecule has 7 heteroatoms. The summed E-state index contributed by atoms with van der Waals surface area (Å²) in [7, 11) is 0. The molecule has 0 radical (unpaired) electrons. The zero-order valence-electron chi connectivity index (χ0n) is 10.6. The number of hydrogen-bond acceptors (Lipinski definition) is 3. The Kier molecular flexibility index (Phi) is 3.92. The van der Waals surface area contributed by atoms with Crippen LogP contribution < -0.4 is 0 Å². The number of amides is 2. The molecular formula is C12H18N2O5. The number of aliphatic carboxylic acids is 1. The van der Waals surface area contributed by atoms with Gasteiger partial charge in [0, 0.05) is 19.6 Å². The van der Waals surface area contributed by atoms with Crippen molar-refractivity contribution in [1.29, 1.82) is 0 Å². The van der Waals surface area contributed by atoms with E-state index < -0.39 is 24.0 Å². The SMILES string of the molecule is O=C(O)[C@H]1[C@@H](C(=O)N2CCCC2)CCCN1C(=O)O. The molecule has 0 spiro atoms. The molecule has 0 aromatic carbocycles. The number of hydrogen-bond donors (Lipinski definition) is 2. The highest BCUT2D eigenvalue weighted by molar-refractivity contribution is 5.89. The third-order valence-electron chi connectivity index (χ3n) is 3.86. The predicted molar refractivity (Wildman–Crippen MR) is 64.7 cm³/mol. The Morgan fingerprint density at radius 3 is 2.11 bits per heavy atom. The first-order valence-corrected chi connectivity index (χ1v) is 6.53. The highest BCUT2D eigenvalue weighted by Crippen LogP contribution is 2.27. The van der Waals surface area contributed by atoms with Crippen LogP contribution in [0.25, 0.3) is 0 Å². The molecular weight excluding hydrogens is 252 g/mol. The normalized spacial score (nSPS) is 27.4. The minimum absolute atomic E-state index is 0.177. The van der Waals surface area contributed by atoms with Gasteiger partial charge in [-0.25, -0.2) is 9.59 Å². The Bertz CT molecular complexity index is 392. The Morgan fingerprint density at radius 2 is 1.58 bits per heavy atom. The Hall–Kier alpha value is -1.79. The molecule has 7 nitrogen and oxygen atoms in total. The van der Waals surface area contributed by atoms with E-state index in [0.29, 0.717) is 25.9 Å². The molecule has 2 rings (SSSR count). The standard InChI is InChI=1S/C12H18N2O5/c15-10(13-5-1-2-6-13)8-4-3-7-14(12(18)19)9(8)11(16)17/h8-9H,1-7H2,(H,16,17)(H,18,19)/t8-,9+/m0/s1. The van der Waals surface area contributed by atoms with Crippen LogP contribution in [0.1, 0.15) is 25.7 Å². The van der Waals surface area contributed by atoms with Gasteiger partial charge >= 0.3 is 12.1 Å². The Labute approximate surface area is 110 Å². The smallest absolute Gasteiger partial charge is 0.408 e. The molecule has 0 saturated carbocycles. The first-order valence-electron chi connectivity index (χ1n) is 6.53. The van der Waals surface area contributed by atoms with Crippen LogP contribution in [0.5, 0.6) is 0 Å². The van der Waals surface area contributed by atoms with E-state index in [4.69, 9.17) is 5.11 Å². The maximum atomic E-state index is 12.3. The second-order valence-electron chi connectivity index (χ2n) is 5.04. The third kappa shape index (κ3) is 2.64. The molecule has 2 atom stereocenters. The van der Waals surface area contributed by atoms with E-state index in [1.165, 1.54) is 0 Å². The summed E-state index contributed by atoms with van der Waals surface area (Å²) in [5.41, 5.74) is 0. The number of rotatable bonds is 2. The zero-order valence-corrected chi connectivity index (χ0v) is 10.6. The molecule has 2 amide bonds. The summed E-state index contributed by atoms with van der Waals surface area (Å²) in [6.45, 7) is 1.47. The molecule has 106 valence electrons. The van der Waals surface area contributed by atoms with Crippen molar-refractivity contribution in [3.8, 4) is 0 Å². The van der Waals surface area contributed by atoms with Gasteiger partial charge in [0.25, 0.3) is 0 Å². The molecule has 2 heterocycles. The van der Waals surface area contributed by atoms with Crippen LogP contribution in [0.2, 0.25) is 0 Å². The van der Waals surface area contributed by atoms with Gasteiger partial charge in [0.2, 0.25) is 5.91 Å². The molecule has 0 unspecified atom stereocenters. The lowest BCUT2D eigenvalue weighted by Gasteiger charge is -2.37. The fraction of sp³-hybridized carbons (Fsp3) is 0.750. The fourth-order valence-electron chi connectivity index (χ4n) is 2.95.